The first kappa shape index (κ1) is 30.9. The lowest BCUT2D eigenvalue weighted by molar-refractivity contribution is 0.144. The fourth-order valence-corrected chi connectivity index (χ4v) is 7.61. The summed E-state index contributed by atoms with van der Waals surface area (Å²) >= 11 is 0. The molecule has 4 nitrogen and oxygen atoms in total. The summed E-state index contributed by atoms with van der Waals surface area (Å²) in [6.07, 6.45) is -0.882. The Hall–Kier alpha value is -5.45. The molecule has 8 rings (SSSR count). The molecule has 2 unspecified atom stereocenters. The number of benzene rings is 6. The highest BCUT2D eigenvalue weighted by Crippen LogP contribution is 2.52. The maximum atomic E-state index is 12.8. The zero-order chi connectivity index (χ0) is 33.6. The number of rotatable bonds is 6. The Morgan fingerprint density at radius 1 is 0.592 bits per heavy atom. The predicted molar refractivity (Wildman–Crippen MR) is 203 cm³/mol. The van der Waals surface area contributed by atoms with E-state index in [9.17, 15) is 5.11 Å². The summed E-state index contributed by atoms with van der Waals surface area (Å²) in [5, 5.41) is 12.8. The summed E-state index contributed by atoms with van der Waals surface area (Å²) in [6.45, 7) is 9.11. The van der Waals surface area contributed by atoms with E-state index >= 15 is 0 Å². The zero-order valence-electron chi connectivity index (χ0n) is 28.5. The van der Waals surface area contributed by atoms with Gasteiger partial charge in [0.2, 0.25) is 0 Å². The lowest BCUT2D eigenvalue weighted by Crippen LogP contribution is -2.31. The van der Waals surface area contributed by atoms with Gasteiger partial charge >= 0.3 is 0 Å². The van der Waals surface area contributed by atoms with Crippen LogP contribution in [-0.4, -0.2) is 14.7 Å². The van der Waals surface area contributed by atoms with E-state index in [1.807, 2.05) is 12.1 Å². The van der Waals surface area contributed by atoms with Crippen LogP contribution in [0.1, 0.15) is 74.2 Å². The van der Waals surface area contributed by atoms with Crippen molar-refractivity contribution in [2.45, 2.75) is 51.7 Å². The first-order valence-electron chi connectivity index (χ1n) is 17.3. The molecule has 242 valence electrons. The number of para-hydroxylation sites is 4. The molecule has 2 atom stereocenters. The third-order valence-electron chi connectivity index (χ3n) is 9.94. The molecule has 6 aromatic carbocycles. The smallest absolute Gasteiger partial charge is 0.140 e. The van der Waals surface area contributed by atoms with Gasteiger partial charge in [-0.2, -0.15) is 0 Å². The van der Waals surface area contributed by atoms with Crippen molar-refractivity contribution < 1.29 is 5.11 Å². The van der Waals surface area contributed by atoms with Crippen LogP contribution in [-0.2, 0) is 0 Å². The highest BCUT2D eigenvalue weighted by atomic mass is 16.3. The van der Waals surface area contributed by atoms with Gasteiger partial charge < -0.3 is 10.0 Å². The summed E-state index contributed by atoms with van der Waals surface area (Å²) in [4.78, 5) is 7.77. The molecule has 7 aromatic rings. The zero-order valence-corrected chi connectivity index (χ0v) is 28.5. The highest BCUT2D eigenvalue weighted by Gasteiger charge is 2.40. The second kappa shape index (κ2) is 12.5. The van der Waals surface area contributed by atoms with E-state index < -0.39 is 12.1 Å². The number of aliphatic hydroxyl groups is 1. The summed E-state index contributed by atoms with van der Waals surface area (Å²) in [6, 6.07) is 50.5. The first-order valence-corrected chi connectivity index (χ1v) is 17.3. The van der Waals surface area contributed by atoms with E-state index in [0.29, 0.717) is 0 Å². The van der Waals surface area contributed by atoms with Crippen molar-refractivity contribution in [3.63, 3.8) is 0 Å². The average molecular weight is 640 g/mol. The van der Waals surface area contributed by atoms with Gasteiger partial charge in [0.25, 0.3) is 0 Å². The molecule has 0 fully saturated rings. The minimum absolute atomic E-state index is 0.232. The first-order chi connectivity index (χ1) is 23.9. The number of hydrogen-bond donors (Lipinski definition) is 1. The Balaban J connectivity index is 1.49. The molecule has 1 aliphatic heterocycles. The third-order valence-corrected chi connectivity index (χ3v) is 9.94. The van der Waals surface area contributed by atoms with Crippen molar-refractivity contribution in [2.75, 3.05) is 4.90 Å². The molecule has 2 heterocycles. The standard InChI is InChI=1S/C45H41N3O/c1-29(2)37-27-32(31-17-7-5-8-18-31)28-38(30(3)4)42(37)48-41-26-16-14-24-39(41)46-45(48)43-44(49)36-23-12-11-21-34(36)35-22-13-15-25-40(35)47(43)33-19-9-6-10-20-33/h5-30,43-44,49H,1-4H3. The van der Waals surface area contributed by atoms with E-state index in [0.717, 1.165) is 50.6 Å². The summed E-state index contributed by atoms with van der Waals surface area (Å²) in [7, 11) is 0. The SMILES string of the molecule is CC(C)c1cc(-c2ccccc2)cc(C(C)C)c1-n1c(C2C(O)c3ccccc3-c3ccccc3N2c2ccccc2)nc2ccccc21. The summed E-state index contributed by atoms with van der Waals surface area (Å²) in [5.41, 5.74) is 13.1. The van der Waals surface area contributed by atoms with Gasteiger partial charge in [-0.1, -0.05) is 131 Å². The molecule has 0 radical (unpaired) electrons. The topological polar surface area (TPSA) is 41.3 Å². The van der Waals surface area contributed by atoms with E-state index in [4.69, 9.17) is 4.98 Å². The van der Waals surface area contributed by atoms with Crippen LogP contribution in [0.25, 0.3) is 39.0 Å². The Labute approximate surface area is 289 Å². The highest BCUT2D eigenvalue weighted by molar-refractivity contribution is 5.87. The summed E-state index contributed by atoms with van der Waals surface area (Å²) in [5.74, 6) is 1.27. The van der Waals surface area contributed by atoms with Crippen LogP contribution in [0.4, 0.5) is 11.4 Å². The lowest BCUT2D eigenvalue weighted by Gasteiger charge is -2.36. The monoisotopic (exact) mass is 639 g/mol. The van der Waals surface area contributed by atoms with Gasteiger partial charge in [-0.25, -0.2) is 4.98 Å². The second-order valence-corrected chi connectivity index (χ2v) is 13.7. The van der Waals surface area contributed by atoms with Crippen LogP contribution in [0.3, 0.4) is 0 Å². The molecule has 1 aromatic heterocycles. The van der Waals surface area contributed by atoms with Crippen LogP contribution in [0.2, 0.25) is 0 Å². The van der Waals surface area contributed by atoms with Gasteiger partial charge in [0.1, 0.15) is 18.0 Å². The minimum Gasteiger partial charge on any atom is -0.386 e. The Kier molecular flexibility index (Phi) is 7.89. The summed E-state index contributed by atoms with van der Waals surface area (Å²) < 4.78 is 2.37. The Morgan fingerprint density at radius 2 is 1.16 bits per heavy atom. The van der Waals surface area contributed by atoms with Crippen molar-refractivity contribution in [1.29, 1.82) is 0 Å². The van der Waals surface area contributed by atoms with Crippen molar-refractivity contribution in [1.82, 2.24) is 9.55 Å². The van der Waals surface area contributed by atoms with Crippen LogP contribution in [0, 0.1) is 0 Å². The molecule has 4 heteroatoms. The van der Waals surface area contributed by atoms with Gasteiger partial charge in [-0.05, 0) is 87.7 Å². The third kappa shape index (κ3) is 5.24. The molecule has 49 heavy (non-hydrogen) atoms. The van der Waals surface area contributed by atoms with Crippen LogP contribution >= 0.6 is 0 Å². The van der Waals surface area contributed by atoms with Gasteiger partial charge in [0, 0.05) is 16.9 Å². The van der Waals surface area contributed by atoms with Gasteiger partial charge in [0.05, 0.1) is 16.7 Å². The van der Waals surface area contributed by atoms with E-state index in [1.165, 1.54) is 22.3 Å². The predicted octanol–water partition coefficient (Wildman–Crippen LogP) is 11.5. The Bertz CT molecular complexity index is 2240. The van der Waals surface area contributed by atoms with Gasteiger partial charge in [0.15, 0.2) is 0 Å². The van der Waals surface area contributed by atoms with Crippen LogP contribution in [0.5, 0.6) is 0 Å². The average Bonchev–Trinajstić information content (AvgIpc) is 3.47. The largest absolute Gasteiger partial charge is 0.386 e. The second-order valence-electron chi connectivity index (χ2n) is 13.7. The Morgan fingerprint density at radius 3 is 1.86 bits per heavy atom. The molecule has 1 N–H and O–H groups in total. The van der Waals surface area contributed by atoms with Gasteiger partial charge in [-0.3, -0.25) is 4.57 Å². The van der Waals surface area contributed by atoms with E-state index in [2.05, 4.69) is 171 Å². The fraction of sp³-hybridized carbons (Fsp3) is 0.178. The number of aliphatic hydroxyl groups excluding tert-OH is 1. The quantitative estimate of drug-likeness (QED) is 0.197. The molecule has 0 saturated carbocycles. The number of aromatic nitrogens is 2. The molecule has 0 amide bonds. The molecule has 0 aliphatic carbocycles. The molecule has 0 spiro atoms. The van der Waals surface area contributed by atoms with E-state index in [-0.39, 0.29) is 11.8 Å². The number of nitrogens with zero attached hydrogens (tertiary/aromatic N) is 3. The van der Waals surface area contributed by atoms with Crippen molar-refractivity contribution in [3.8, 4) is 27.9 Å². The maximum Gasteiger partial charge on any atom is 0.140 e. The number of fused-ring (bicyclic) bond motifs is 4. The van der Waals surface area contributed by atoms with Gasteiger partial charge in [-0.15, -0.1) is 0 Å². The van der Waals surface area contributed by atoms with Crippen molar-refractivity contribution in [3.05, 3.63) is 168 Å². The van der Waals surface area contributed by atoms with Crippen LogP contribution < -0.4 is 4.90 Å². The number of imidazole rings is 1. The normalized spacial score (nSPS) is 15.8. The van der Waals surface area contributed by atoms with Crippen LogP contribution in [0.15, 0.2) is 146 Å². The molecule has 0 saturated heterocycles. The molecular formula is C45H41N3O. The minimum atomic E-state index is -0.882. The molecule has 0 bridgehead atoms. The van der Waals surface area contributed by atoms with Crippen molar-refractivity contribution in [2.24, 2.45) is 0 Å². The van der Waals surface area contributed by atoms with Crippen molar-refractivity contribution >= 4 is 22.4 Å². The molecular weight excluding hydrogens is 599 g/mol. The maximum absolute atomic E-state index is 12.8. The fourth-order valence-electron chi connectivity index (χ4n) is 7.61. The lowest BCUT2D eigenvalue weighted by atomic mass is 9.88. The van der Waals surface area contributed by atoms with E-state index in [1.54, 1.807) is 0 Å². The molecule has 1 aliphatic rings. The number of hydrogen-bond acceptors (Lipinski definition) is 3. The number of anilines is 2.